The fraction of sp³-hybridized carbons (Fsp3) is 0.0625. The second-order valence-corrected chi connectivity index (χ2v) is 5.30. The number of amides is 1. The number of hydrogen-bond acceptors (Lipinski definition) is 4. The number of benzene rings is 1. The molecular weight excluding hydrogens is 364 g/mol. The normalized spacial score (nSPS) is 10.9. The van der Waals surface area contributed by atoms with Crippen LogP contribution in [0.15, 0.2) is 59.0 Å². The first-order valence-corrected chi connectivity index (χ1v) is 7.38. The molecule has 2 rings (SSSR count). The molecule has 0 bridgehead atoms. The number of halogens is 1. The number of carbonyl (C=O) groups is 2. The monoisotopic (exact) mass is 376 g/mol. The third-order valence-electron chi connectivity index (χ3n) is 2.78. The molecule has 0 unspecified atom stereocenters. The second kappa shape index (κ2) is 8.09. The van der Waals surface area contributed by atoms with Crippen LogP contribution in [-0.4, -0.2) is 22.2 Å². The van der Waals surface area contributed by atoms with E-state index in [-0.39, 0.29) is 12.3 Å². The lowest BCUT2D eigenvalue weighted by Crippen LogP contribution is -2.27. The minimum atomic E-state index is -1.27. The quantitative estimate of drug-likeness (QED) is 0.782. The Morgan fingerprint density at radius 3 is 2.65 bits per heavy atom. The molecule has 1 heterocycles. The Hall–Kier alpha value is -2.67. The molecule has 0 saturated heterocycles. The van der Waals surface area contributed by atoms with Crippen molar-refractivity contribution >= 4 is 34.1 Å². The molecule has 7 heteroatoms. The molecule has 0 fully saturated rings. The zero-order valence-corrected chi connectivity index (χ0v) is 13.5. The minimum absolute atomic E-state index is 0.0541. The average molecular weight is 377 g/mol. The summed E-state index contributed by atoms with van der Waals surface area (Å²) in [5.74, 6) is -1.27. The van der Waals surface area contributed by atoms with Crippen molar-refractivity contribution in [1.29, 1.82) is 0 Å². The van der Waals surface area contributed by atoms with Crippen LogP contribution in [0.5, 0.6) is 0 Å². The molecule has 0 aliphatic heterocycles. The number of hydrogen-bond donors (Lipinski definition) is 2. The average Bonchev–Trinajstić information content (AvgIpc) is 2.55. The Morgan fingerprint density at radius 2 is 2.00 bits per heavy atom. The number of pyridine rings is 1. The number of ether oxygens (including phenoxy) is 1. The highest BCUT2D eigenvalue weighted by Gasteiger charge is 2.13. The molecule has 1 amide bonds. The summed E-state index contributed by atoms with van der Waals surface area (Å²) in [5, 5.41) is 11.4. The molecule has 23 heavy (non-hydrogen) atoms. The zero-order valence-electron chi connectivity index (χ0n) is 11.9. The standard InChI is InChI=1S/C16H13BrN2O4/c17-13-9-18-7-6-12(13)8-14(15(20)21)19-16(22)23-10-11-4-2-1-3-5-11/h1-9H,10H2,(H,19,22)(H,20,21)/b14-8+. The number of carbonyl (C=O) groups excluding carboxylic acids is 1. The van der Waals surface area contributed by atoms with Crippen LogP contribution < -0.4 is 5.32 Å². The third-order valence-corrected chi connectivity index (χ3v) is 3.45. The van der Waals surface area contributed by atoms with Crippen molar-refractivity contribution in [2.24, 2.45) is 0 Å². The van der Waals surface area contributed by atoms with Gasteiger partial charge in [0.15, 0.2) is 0 Å². The third kappa shape index (κ3) is 5.23. The molecular formula is C16H13BrN2O4. The van der Waals surface area contributed by atoms with E-state index in [2.05, 4.69) is 26.2 Å². The SMILES string of the molecule is O=C(N/C(=C/c1ccncc1Br)C(=O)O)OCc1ccccc1. The first-order valence-electron chi connectivity index (χ1n) is 6.58. The van der Waals surface area contributed by atoms with Gasteiger partial charge in [-0.05, 0) is 39.2 Å². The van der Waals surface area contributed by atoms with E-state index in [1.807, 2.05) is 18.2 Å². The van der Waals surface area contributed by atoms with Gasteiger partial charge in [-0.15, -0.1) is 0 Å². The van der Waals surface area contributed by atoms with Crippen molar-refractivity contribution in [3.63, 3.8) is 0 Å². The molecule has 1 aromatic heterocycles. The van der Waals surface area contributed by atoms with E-state index in [9.17, 15) is 14.7 Å². The summed E-state index contributed by atoms with van der Waals surface area (Å²) in [6, 6.07) is 10.7. The summed E-state index contributed by atoms with van der Waals surface area (Å²) in [6.07, 6.45) is 3.52. The Balaban J connectivity index is 2.03. The van der Waals surface area contributed by atoms with Crippen molar-refractivity contribution < 1.29 is 19.4 Å². The molecule has 0 atom stereocenters. The molecule has 0 aliphatic rings. The highest BCUT2D eigenvalue weighted by Crippen LogP contribution is 2.17. The number of aliphatic carboxylic acids is 1. The summed E-state index contributed by atoms with van der Waals surface area (Å²) in [4.78, 5) is 26.9. The van der Waals surface area contributed by atoms with Crippen LogP contribution in [0.25, 0.3) is 6.08 Å². The van der Waals surface area contributed by atoms with Gasteiger partial charge in [-0.1, -0.05) is 30.3 Å². The zero-order chi connectivity index (χ0) is 16.7. The summed E-state index contributed by atoms with van der Waals surface area (Å²) >= 11 is 3.26. The maximum absolute atomic E-state index is 11.7. The van der Waals surface area contributed by atoms with Gasteiger partial charge in [0.1, 0.15) is 12.3 Å². The molecule has 0 aliphatic carbocycles. The van der Waals surface area contributed by atoms with E-state index in [0.29, 0.717) is 10.0 Å². The molecule has 118 valence electrons. The van der Waals surface area contributed by atoms with Crippen molar-refractivity contribution in [3.05, 3.63) is 70.1 Å². The van der Waals surface area contributed by atoms with Gasteiger partial charge in [-0.25, -0.2) is 9.59 Å². The van der Waals surface area contributed by atoms with Gasteiger partial charge in [0.2, 0.25) is 0 Å². The summed E-state index contributed by atoms with van der Waals surface area (Å²) in [5.41, 5.74) is 1.08. The van der Waals surface area contributed by atoms with Crippen LogP contribution in [0.1, 0.15) is 11.1 Å². The van der Waals surface area contributed by atoms with Gasteiger partial charge < -0.3 is 9.84 Å². The first kappa shape index (κ1) is 16.7. The van der Waals surface area contributed by atoms with Crippen LogP contribution in [0.2, 0.25) is 0 Å². The lowest BCUT2D eigenvalue weighted by molar-refractivity contribution is -0.132. The Kier molecular flexibility index (Phi) is 5.87. The van der Waals surface area contributed by atoms with Crippen molar-refractivity contribution in [2.75, 3.05) is 0 Å². The fourth-order valence-electron chi connectivity index (χ4n) is 1.68. The second-order valence-electron chi connectivity index (χ2n) is 4.45. The van der Waals surface area contributed by atoms with Crippen LogP contribution in [0.3, 0.4) is 0 Å². The van der Waals surface area contributed by atoms with Crippen LogP contribution in [0.4, 0.5) is 4.79 Å². The van der Waals surface area contributed by atoms with Gasteiger partial charge in [-0.2, -0.15) is 0 Å². The fourth-order valence-corrected chi connectivity index (χ4v) is 2.04. The van der Waals surface area contributed by atoms with Gasteiger partial charge in [0.25, 0.3) is 0 Å². The molecule has 6 nitrogen and oxygen atoms in total. The van der Waals surface area contributed by atoms with Crippen LogP contribution >= 0.6 is 15.9 Å². The molecule has 1 aromatic carbocycles. The van der Waals surface area contributed by atoms with E-state index in [1.165, 1.54) is 18.5 Å². The van der Waals surface area contributed by atoms with Crippen molar-refractivity contribution in [3.8, 4) is 0 Å². The van der Waals surface area contributed by atoms with E-state index >= 15 is 0 Å². The van der Waals surface area contributed by atoms with E-state index in [0.717, 1.165) is 5.56 Å². The van der Waals surface area contributed by atoms with Crippen LogP contribution in [-0.2, 0) is 16.1 Å². The first-order chi connectivity index (χ1) is 11.1. The highest BCUT2D eigenvalue weighted by atomic mass is 79.9. The van der Waals surface area contributed by atoms with Crippen molar-refractivity contribution in [2.45, 2.75) is 6.61 Å². The molecule has 2 aromatic rings. The predicted octanol–water partition coefficient (Wildman–Crippen LogP) is 3.20. The maximum atomic E-state index is 11.7. The number of rotatable bonds is 5. The Morgan fingerprint density at radius 1 is 1.26 bits per heavy atom. The van der Waals surface area contributed by atoms with Gasteiger partial charge in [0.05, 0.1) is 0 Å². The van der Waals surface area contributed by atoms with E-state index in [1.54, 1.807) is 18.2 Å². The van der Waals surface area contributed by atoms with E-state index < -0.39 is 12.1 Å². The lowest BCUT2D eigenvalue weighted by atomic mass is 10.2. The van der Waals surface area contributed by atoms with Crippen LogP contribution in [0, 0.1) is 0 Å². The highest BCUT2D eigenvalue weighted by molar-refractivity contribution is 9.10. The largest absolute Gasteiger partial charge is 0.477 e. The van der Waals surface area contributed by atoms with E-state index in [4.69, 9.17) is 4.74 Å². The Labute approximate surface area is 140 Å². The summed E-state index contributed by atoms with van der Waals surface area (Å²) in [6.45, 7) is 0.0541. The number of nitrogens with zero attached hydrogens (tertiary/aromatic N) is 1. The number of alkyl carbamates (subject to hydrolysis) is 1. The molecule has 0 radical (unpaired) electrons. The molecule has 0 spiro atoms. The van der Waals surface area contributed by atoms with Crippen molar-refractivity contribution in [1.82, 2.24) is 10.3 Å². The Bertz CT molecular complexity index is 732. The summed E-state index contributed by atoms with van der Waals surface area (Å²) < 4.78 is 5.61. The topological polar surface area (TPSA) is 88.5 Å². The molecule has 0 saturated carbocycles. The number of aromatic nitrogens is 1. The van der Waals surface area contributed by atoms with Gasteiger partial charge in [0, 0.05) is 16.9 Å². The lowest BCUT2D eigenvalue weighted by Gasteiger charge is -2.08. The number of carboxylic acid groups (broad SMARTS) is 1. The summed E-state index contributed by atoms with van der Waals surface area (Å²) in [7, 11) is 0. The minimum Gasteiger partial charge on any atom is -0.477 e. The number of nitrogens with one attached hydrogen (secondary N) is 1. The predicted molar refractivity (Wildman–Crippen MR) is 87.3 cm³/mol. The van der Waals surface area contributed by atoms with Gasteiger partial charge >= 0.3 is 12.1 Å². The van der Waals surface area contributed by atoms with Gasteiger partial charge in [-0.3, -0.25) is 10.3 Å². The molecule has 2 N–H and O–H groups in total. The maximum Gasteiger partial charge on any atom is 0.412 e. The number of carboxylic acids is 1. The smallest absolute Gasteiger partial charge is 0.412 e.